The first-order valence-corrected chi connectivity index (χ1v) is 16.0. The predicted octanol–water partition coefficient (Wildman–Crippen LogP) is 11.3. The standard InChI is InChI=1S/C40H35F2NO2S.H2S/c1-39(2,3)25-9-15-28(16-10-25)43(29-17-11-26(12-18-29)40(4,5)6)27-13-7-24(8-14-27)36-20-19-30(46-36)21-33-37(44)31-22-34(41)35(42)23-32(31)38(33)45;/h7-23H,1-6H3;1H2. The highest BCUT2D eigenvalue weighted by Crippen LogP contribution is 2.39. The SMILES string of the molecule is CC(C)(C)c1ccc(N(c2ccc(-c3ccc(C=C4C(=O)c5cc(F)c(F)cc5C4=O)s3)cc2)c2ccc(C(C)(C)C)cc2)cc1.S. The summed E-state index contributed by atoms with van der Waals surface area (Å²) in [5, 5.41) is 0. The lowest BCUT2D eigenvalue weighted by Gasteiger charge is -2.28. The number of halogens is 2. The lowest BCUT2D eigenvalue weighted by atomic mass is 9.86. The summed E-state index contributed by atoms with van der Waals surface area (Å²) in [6.07, 6.45) is 1.51. The van der Waals surface area contributed by atoms with Crippen molar-refractivity contribution < 1.29 is 18.4 Å². The summed E-state index contributed by atoms with van der Waals surface area (Å²) in [6.45, 7) is 13.3. The van der Waals surface area contributed by atoms with E-state index in [4.69, 9.17) is 0 Å². The lowest BCUT2D eigenvalue weighted by Crippen LogP contribution is -2.14. The maximum Gasteiger partial charge on any atom is 0.197 e. The van der Waals surface area contributed by atoms with Crippen molar-refractivity contribution in [3.05, 3.63) is 141 Å². The second-order valence-electron chi connectivity index (χ2n) is 13.7. The van der Waals surface area contributed by atoms with Crippen LogP contribution in [0.15, 0.2) is 103 Å². The maximum absolute atomic E-state index is 13.7. The first-order valence-electron chi connectivity index (χ1n) is 15.2. The van der Waals surface area contributed by atoms with Gasteiger partial charge in [0.15, 0.2) is 23.2 Å². The Morgan fingerprint density at radius 2 is 1.00 bits per heavy atom. The Morgan fingerprint density at radius 3 is 1.40 bits per heavy atom. The van der Waals surface area contributed by atoms with Crippen molar-refractivity contribution in [3.63, 3.8) is 0 Å². The summed E-state index contributed by atoms with van der Waals surface area (Å²) in [5.41, 5.74) is 6.44. The molecule has 1 aromatic heterocycles. The molecule has 0 atom stereocenters. The van der Waals surface area contributed by atoms with E-state index in [2.05, 4.69) is 119 Å². The third kappa shape index (κ3) is 6.74. The summed E-state index contributed by atoms with van der Waals surface area (Å²) >= 11 is 1.43. The second-order valence-corrected chi connectivity index (χ2v) is 14.8. The number of ketones is 2. The Kier molecular flexibility index (Phi) is 9.19. The zero-order valence-electron chi connectivity index (χ0n) is 27.2. The molecule has 0 aliphatic heterocycles. The number of benzene rings is 4. The Morgan fingerprint density at radius 1 is 0.596 bits per heavy atom. The number of allylic oxidation sites excluding steroid dienone is 1. The number of carbonyl (C=O) groups is 2. The summed E-state index contributed by atoms with van der Waals surface area (Å²) < 4.78 is 27.5. The first kappa shape index (κ1) is 34.0. The van der Waals surface area contributed by atoms with Gasteiger partial charge >= 0.3 is 0 Å². The Hall–Kier alpha value is -4.33. The van der Waals surface area contributed by atoms with Crippen LogP contribution in [-0.2, 0) is 10.8 Å². The summed E-state index contributed by atoms with van der Waals surface area (Å²) in [7, 11) is 0. The molecule has 0 fully saturated rings. The molecule has 1 heterocycles. The fourth-order valence-electron chi connectivity index (χ4n) is 5.62. The van der Waals surface area contributed by atoms with Gasteiger partial charge in [-0.15, -0.1) is 11.3 Å². The van der Waals surface area contributed by atoms with Crippen LogP contribution < -0.4 is 4.90 Å². The van der Waals surface area contributed by atoms with Gasteiger partial charge < -0.3 is 4.90 Å². The highest BCUT2D eigenvalue weighted by atomic mass is 32.1. The molecule has 0 saturated carbocycles. The van der Waals surface area contributed by atoms with Crippen LogP contribution in [-0.4, -0.2) is 11.6 Å². The van der Waals surface area contributed by atoms with Crippen LogP contribution in [0.4, 0.5) is 25.8 Å². The van der Waals surface area contributed by atoms with E-state index in [1.165, 1.54) is 28.5 Å². The first-order chi connectivity index (χ1) is 21.7. The van der Waals surface area contributed by atoms with Gasteiger partial charge in [-0.3, -0.25) is 9.59 Å². The van der Waals surface area contributed by atoms with Gasteiger partial charge in [0.25, 0.3) is 0 Å². The van der Waals surface area contributed by atoms with Crippen molar-refractivity contribution in [1.82, 2.24) is 0 Å². The topological polar surface area (TPSA) is 37.4 Å². The van der Waals surface area contributed by atoms with Crippen molar-refractivity contribution in [2.45, 2.75) is 52.4 Å². The summed E-state index contributed by atoms with van der Waals surface area (Å²) in [6, 6.07) is 31.1. The minimum atomic E-state index is -1.15. The summed E-state index contributed by atoms with van der Waals surface area (Å²) in [5.74, 6) is -3.48. The Labute approximate surface area is 286 Å². The van der Waals surface area contributed by atoms with Gasteiger partial charge in [-0.1, -0.05) is 77.9 Å². The molecule has 6 rings (SSSR count). The Bertz CT molecular complexity index is 1890. The fraction of sp³-hybridized carbons (Fsp3) is 0.200. The molecular formula is C40H37F2NO2S2. The molecule has 0 radical (unpaired) electrons. The molecule has 0 saturated heterocycles. The van der Waals surface area contributed by atoms with Gasteiger partial charge in [-0.25, -0.2) is 8.78 Å². The average Bonchev–Trinajstić information content (AvgIpc) is 3.57. The second kappa shape index (κ2) is 12.7. The predicted molar refractivity (Wildman–Crippen MR) is 195 cm³/mol. The maximum atomic E-state index is 13.7. The number of carbonyl (C=O) groups excluding carboxylic acids is 2. The number of rotatable bonds is 5. The average molecular weight is 666 g/mol. The molecule has 1 aliphatic rings. The van der Waals surface area contributed by atoms with E-state index in [-0.39, 0.29) is 41.0 Å². The number of Topliss-reactive ketones (excluding diaryl/α,β-unsaturated/α-hetero) is 2. The quantitative estimate of drug-likeness (QED) is 0.138. The van der Waals surface area contributed by atoms with E-state index in [1.54, 1.807) is 0 Å². The minimum absolute atomic E-state index is 0. The monoisotopic (exact) mass is 665 g/mol. The van der Waals surface area contributed by atoms with Crippen molar-refractivity contribution in [1.29, 1.82) is 0 Å². The van der Waals surface area contributed by atoms with Crippen LogP contribution in [0, 0.1) is 11.6 Å². The van der Waals surface area contributed by atoms with Gasteiger partial charge in [-0.2, -0.15) is 13.5 Å². The number of hydrogen-bond acceptors (Lipinski definition) is 4. The molecule has 0 amide bonds. The van der Waals surface area contributed by atoms with Gasteiger partial charge in [-0.05, 0) is 94.3 Å². The van der Waals surface area contributed by atoms with E-state index in [0.717, 1.165) is 39.6 Å². The van der Waals surface area contributed by atoms with Crippen molar-refractivity contribution in [3.8, 4) is 10.4 Å². The molecule has 3 nitrogen and oxygen atoms in total. The smallest absolute Gasteiger partial charge is 0.197 e. The van der Waals surface area contributed by atoms with Crippen molar-refractivity contribution in [2.24, 2.45) is 0 Å². The van der Waals surface area contributed by atoms with E-state index in [9.17, 15) is 18.4 Å². The molecule has 0 N–H and O–H groups in total. The minimum Gasteiger partial charge on any atom is -0.311 e. The third-order valence-corrected chi connectivity index (χ3v) is 9.43. The molecule has 0 spiro atoms. The van der Waals surface area contributed by atoms with Crippen LogP contribution in [0.3, 0.4) is 0 Å². The zero-order valence-corrected chi connectivity index (χ0v) is 29.1. The number of nitrogens with zero attached hydrogens (tertiary/aromatic N) is 1. The van der Waals surface area contributed by atoms with Gasteiger partial charge in [0, 0.05) is 37.9 Å². The van der Waals surface area contributed by atoms with Crippen LogP contribution in [0.5, 0.6) is 0 Å². The van der Waals surface area contributed by atoms with Gasteiger partial charge in [0.05, 0.1) is 5.57 Å². The van der Waals surface area contributed by atoms with E-state index in [1.807, 2.05) is 12.1 Å². The molecular weight excluding hydrogens is 629 g/mol. The number of thiophene rings is 1. The third-order valence-electron chi connectivity index (χ3n) is 8.35. The number of hydrogen-bond donors (Lipinski definition) is 0. The van der Waals surface area contributed by atoms with E-state index >= 15 is 0 Å². The van der Waals surface area contributed by atoms with Crippen LogP contribution in [0.25, 0.3) is 16.5 Å². The molecule has 7 heteroatoms. The number of fused-ring (bicyclic) bond motifs is 1. The lowest BCUT2D eigenvalue weighted by molar-refractivity contribution is 0.0990. The molecule has 0 bridgehead atoms. The highest BCUT2D eigenvalue weighted by molar-refractivity contribution is 7.59. The van der Waals surface area contributed by atoms with E-state index < -0.39 is 23.2 Å². The van der Waals surface area contributed by atoms with Crippen molar-refractivity contribution >= 4 is 59.5 Å². The van der Waals surface area contributed by atoms with Crippen LogP contribution >= 0.6 is 24.8 Å². The molecule has 1 aliphatic carbocycles. The fourth-order valence-corrected chi connectivity index (χ4v) is 6.57. The van der Waals surface area contributed by atoms with Crippen LogP contribution in [0.1, 0.15) is 78.3 Å². The van der Waals surface area contributed by atoms with Gasteiger partial charge in [0.2, 0.25) is 0 Å². The molecule has 4 aromatic carbocycles. The van der Waals surface area contributed by atoms with Crippen molar-refractivity contribution in [2.75, 3.05) is 4.90 Å². The van der Waals surface area contributed by atoms with E-state index in [0.29, 0.717) is 4.88 Å². The summed E-state index contributed by atoms with van der Waals surface area (Å²) in [4.78, 5) is 29.6. The normalized spacial score (nSPS) is 13.0. The molecule has 5 aromatic rings. The highest BCUT2D eigenvalue weighted by Gasteiger charge is 2.34. The van der Waals surface area contributed by atoms with Crippen LogP contribution in [0.2, 0.25) is 0 Å². The molecule has 47 heavy (non-hydrogen) atoms. The number of anilines is 3. The largest absolute Gasteiger partial charge is 0.311 e. The molecule has 0 unspecified atom stereocenters. The van der Waals surface area contributed by atoms with Gasteiger partial charge in [0.1, 0.15) is 0 Å². The molecule has 240 valence electrons. The Balaban J connectivity index is 0.00000433. The zero-order chi connectivity index (χ0) is 33.0.